The van der Waals surface area contributed by atoms with Crippen molar-refractivity contribution in [1.29, 1.82) is 0 Å². The van der Waals surface area contributed by atoms with E-state index in [4.69, 9.17) is 28.9 Å². The van der Waals surface area contributed by atoms with Crippen LogP contribution in [0, 0.1) is 0 Å². The van der Waals surface area contributed by atoms with Crippen molar-refractivity contribution >= 4 is 23.2 Å². The second-order valence-corrected chi connectivity index (χ2v) is 5.19. The Morgan fingerprint density at radius 2 is 2.18 bits per heavy atom. The molecule has 1 aliphatic heterocycles. The van der Waals surface area contributed by atoms with E-state index in [1.165, 1.54) is 0 Å². The zero-order valence-electron chi connectivity index (χ0n) is 9.42. The number of aromatic hydroxyl groups is 1. The summed E-state index contributed by atoms with van der Waals surface area (Å²) in [7, 11) is 0. The average Bonchev–Trinajstić information content (AvgIpc) is 2.35. The Bertz CT molecular complexity index is 412. The lowest BCUT2D eigenvalue weighted by Crippen LogP contribution is -2.42. The fraction of sp³-hybridized carbons (Fsp3) is 0.500. The number of rotatable bonds is 2. The van der Waals surface area contributed by atoms with Gasteiger partial charge in [-0.2, -0.15) is 0 Å². The van der Waals surface area contributed by atoms with Crippen LogP contribution in [0.2, 0.25) is 10.0 Å². The molecule has 94 valence electrons. The average molecular weight is 275 g/mol. The standard InChI is InChI=1S/C12H16Cl2N2O/c13-9-1-2-10(17)11(12(9)14)7-3-4-16-8(5-7)6-15/h1-2,7-8,16-17H,3-6,15H2. The van der Waals surface area contributed by atoms with Crippen LogP contribution in [-0.2, 0) is 0 Å². The summed E-state index contributed by atoms with van der Waals surface area (Å²) in [6.07, 6.45) is 1.81. The second kappa shape index (κ2) is 5.44. The topological polar surface area (TPSA) is 58.3 Å². The Balaban J connectivity index is 2.30. The van der Waals surface area contributed by atoms with Gasteiger partial charge in [0, 0.05) is 18.2 Å². The SMILES string of the molecule is NCC1CC(c2c(O)ccc(Cl)c2Cl)CCN1. The van der Waals surface area contributed by atoms with Gasteiger partial charge in [0.15, 0.2) is 0 Å². The van der Waals surface area contributed by atoms with Gasteiger partial charge < -0.3 is 16.2 Å². The summed E-state index contributed by atoms with van der Waals surface area (Å²) in [5.41, 5.74) is 6.43. The van der Waals surface area contributed by atoms with Crippen molar-refractivity contribution in [2.24, 2.45) is 5.73 Å². The lowest BCUT2D eigenvalue weighted by atomic mass is 9.86. The molecule has 0 radical (unpaired) electrons. The zero-order chi connectivity index (χ0) is 12.4. The van der Waals surface area contributed by atoms with E-state index in [1.54, 1.807) is 12.1 Å². The number of halogens is 2. The van der Waals surface area contributed by atoms with Crippen molar-refractivity contribution in [3.63, 3.8) is 0 Å². The van der Waals surface area contributed by atoms with Crippen LogP contribution in [0.3, 0.4) is 0 Å². The first-order valence-corrected chi connectivity index (χ1v) is 6.49. The molecule has 1 aromatic rings. The van der Waals surface area contributed by atoms with Gasteiger partial charge in [0.25, 0.3) is 0 Å². The van der Waals surface area contributed by atoms with Crippen molar-refractivity contribution in [2.45, 2.75) is 24.8 Å². The molecule has 17 heavy (non-hydrogen) atoms. The highest BCUT2D eigenvalue weighted by Crippen LogP contribution is 2.41. The highest BCUT2D eigenvalue weighted by molar-refractivity contribution is 6.42. The Hall–Kier alpha value is -0.480. The summed E-state index contributed by atoms with van der Waals surface area (Å²) in [6.45, 7) is 1.48. The van der Waals surface area contributed by atoms with E-state index in [0.29, 0.717) is 16.6 Å². The predicted molar refractivity (Wildman–Crippen MR) is 70.9 cm³/mol. The van der Waals surface area contributed by atoms with Crippen molar-refractivity contribution in [2.75, 3.05) is 13.1 Å². The molecule has 1 aromatic carbocycles. The molecule has 0 aromatic heterocycles. The van der Waals surface area contributed by atoms with Crippen LogP contribution in [0.5, 0.6) is 5.75 Å². The molecule has 0 aliphatic carbocycles. The first kappa shape index (κ1) is 13.0. The number of hydrogen-bond acceptors (Lipinski definition) is 3. The molecule has 4 N–H and O–H groups in total. The molecule has 0 saturated carbocycles. The van der Waals surface area contributed by atoms with Crippen LogP contribution in [-0.4, -0.2) is 24.2 Å². The Morgan fingerprint density at radius 3 is 2.88 bits per heavy atom. The lowest BCUT2D eigenvalue weighted by Gasteiger charge is -2.30. The fourth-order valence-electron chi connectivity index (χ4n) is 2.39. The van der Waals surface area contributed by atoms with Crippen LogP contribution in [0.25, 0.3) is 0 Å². The molecule has 3 nitrogen and oxygen atoms in total. The highest BCUT2D eigenvalue weighted by atomic mass is 35.5. The monoisotopic (exact) mass is 274 g/mol. The molecule has 5 heteroatoms. The second-order valence-electron chi connectivity index (χ2n) is 4.40. The number of phenols is 1. The molecule has 1 fully saturated rings. The van der Waals surface area contributed by atoms with E-state index in [1.807, 2.05) is 0 Å². The van der Waals surface area contributed by atoms with E-state index in [0.717, 1.165) is 24.9 Å². The van der Waals surface area contributed by atoms with Crippen molar-refractivity contribution in [3.05, 3.63) is 27.7 Å². The van der Waals surface area contributed by atoms with E-state index in [9.17, 15) is 5.11 Å². The van der Waals surface area contributed by atoms with E-state index < -0.39 is 0 Å². The van der Waals surface area contributed by atoms with E-state index in [-0.39, 0.29) is 17.7 Å². The van der Waals surface area contributed by atoms with Crippen LogP contribution in [0.1, 0.15) is 24.3 Å². The van der Waals surface area contributed by atoms with E-state index in [2.05, 4.69) is 5.32 Å². The molecular formula is C12H16Cl2N2O. The predicted octanol–water partition coefficient (Wildman–Crippen LogP) is 2.49. The van der Waals surface area contributed by atoms with Crippen molar-refractivity contribution < 1.29 is 5.11 Å². The molecule has 0 amide bonds. The van der Waals surface area contributed by atoms with Crippen molar-refractivity contribution in [1.82, 2.24) is 5.32 Å². The number of hydrogen-bond donors (Lipinski definition) is 3. The molecule has 1 aliphatic rings. The normalized spacial score (nSPS) is 24.9. The van der Waals surface area contributed by atoms with Gasteiger partial charge >= 0.3 is 0 Å². The molecular weight excluding hydrogens is 259 g/mol. The maximum absolute atomic E-state index is 9.93. The van der Waals surface area contributed by atoms with Crippen LogP contribution in [0.15, 0.2) is 12.1 Å². The third kappa shape index (κ3) is 2.68. The van der Waals surface area contributed by atoms with Gasteiger partial charge in [-0.15, -0.1) is 0 Å². The van der Waals surface area contributed by atoms with Crippen LogP contribution >= 0.6 is 23.2 Å². The number of nitrogens with one attached hydrogen (secondary N) is 1. The first-order chi connectivity index (χ1) is 8.13. The lowest BCUT2D eigenvalue weighted by molar-refractivity contribution is 0.358. The number of nitrogens with two attached hydrogens (primary N) is 1. The minimum absolute atomic E-state index is 0.219. The minimum atomic E-state index is 0.219. The van der Waals surface area contributed by atoms with Gasteiger partial charge in [-0.3, -0.25) is 0 Å². The molecule has 2 atom stereocenters. The van der Waals surface area contributed by atoms with Crippen LogP contribution < -0.4 is 11.1 Å². The van der Waals surface area contributed by atoms with Gasteiger partial charge in [0.05, 0.1) is 10.0 Å². The smallest absolute Gasteiger partial charge is 0.120 e. The molecule has 2 unspecified atom stereocenters. The quantitative estimate of drug-likeness (QED) is 0.777. The van der Waals surface area contributed by atoms with Gasteiger partial charge in [-0.25, -0.2) is 0 Å². The Labute approximate surface area is 111 Å². The number of piperidine rings is 1. The summed E-state index contributed by atoms with van der Waals surface area (Å²) >= 11 is 12.2. The van der Waals surface area contributed by atoms with Gasteiger partial charge in [0.1, 0.15) is 5.75 Å². The third-order valence-corrected chi connectivity index (χ3v) is 4.12. The summed E-state index contributed by atoms with van der Waals surface area (Å²) < 4.78 is 0. The molecule has 2 rings (SSSR count). The highest BCUT2D eigenvalue weighted by Gasteiger charge is 2.26. The van der Waals surface area contributed by atoms with Gasteiger partial charge in [-0.05, 0) is 37.4 Å². The first-order valence-electron chi connectivity index (χ1n) is 5.73. The van der Waals surface area contributed by atoms with Crippen molar-refractivity contribution in [3.8, 4) is 5.75 Å². The fourth-order valence-corrected chi connectivity index (χ4v) is 2.87. The minimum Gasteiger partial charge on any atom is -0.508 e. The van der Waals surface area contributed by atoms with Gasteiger partial charge in [-0.1, -0.05) is 23.2 Å². The maximum atomic E-state index is 9.93. The number of benzene rings is 1. The maximum Gasteiger partial charge on any atom is 0.120 e. The summed E-state index contributed by atoms with van der Waals surface area (Å²) in [4.78, 5) is 0. The number of phenolic OH excluding ortho intramolecular Hbond substituents is 1. The summed E-state index contributed by atoms with van der Waals surface area (Å²) in [5, 5.41) is 14.2. The molecule has 1 heterocycles. The molecule has 0 spiro atoms. The summed E-state index contributed by atoms with van der Waals surface area (Å²) in [5.74, 6) is 0.443. The van der Waals surface area contributed by atoms with Crippen LogP contribution in [0.4, 0.5) is 0 Å². The third-order valence-electron chi connectivity index (χ3n) is 3.30. The van der Waals surface area contributed by atoms with E-state index >= 15 is 0 Å². The zero-order valence-corrected chi connectivity index (χ0v) is 10.9. The Kier molecular flexibility index (Phi) is 4.15. The van der Waals surface area contributed by atoms with Gasteiger partial charge in [0.2, 0.25) is 0 Å². The molecule has 0 bridgehead atoms. The largest absolute Gasteiger partial charge is 0.508 e. The summed E-state index contributed by atoms with van der Waals surface area (Å²) in [6, 6.07) is 3.50. The Morgan fingerprint density at radius 1 is 1.41 bits per heavy atom. The molecule has 1 saturated heterocycles.